The summed E-state index contributed by atoms with van der Waals surface area (Å²) in [6.07, 6.45) is 0.399. The summed E-state index contributed by atoms with van der Waals surface area (Å²) < 4.78 is 0. The number of nitrogens with zero attached hydrogens (tertiary/aromatic N) is 1. The zero-order chi connectivity index (χ0) is 12.1. The molecular weight excluding hydrogens is 236 g/mol. The molecule has 0 bridgehead atoms. The molecule has 1 unspecified atom stereocenters. The second-order valence-electron chi connectivity index (χ2n) is 4.54. The maximum Gasteiger partial charge on any atom is 0.0707 e. The third-order valence-electron chi connectivity index (χ3n) is 3.06. The highest BCUT2D eigenvalue weighted by Gasteiger charge is 2.14. The fourth-order valence-electron chi connectivity index (χ4n) is 2.15. The Balaban J connectivity index is 1.79. The lowest BCUT2D eigenvalue weighted by molar-refractivity contribution is 0.105. The number of benzene rings is 1. The Morgan fingerprint density at radius 2 is 1.88 bits per heavy atom. The van der Waals surface area contributed by atoms with Gasteiger partial charge in [0.05, 0.1) is 6.10 Å². The summed E-state index contributed by atoms with van der Waals surface area (Å²) >= 11 is 5.83. The molecule has 1 aliphatic rings. The van der Waals surface area contributed by atoms with Crippen molar-refractivity contribution >= 4 is 11.6 Å². The van der Waals surface area contributed by atoms with Crippen molar-refractivity contribution in [1.29, 1.82) is 0 Å². The van der Waals surface area contributed by atoms with E-state index >= 15 is 0 Å². The van der Waals surface area contributed by atoms with Crippen molar-refractivity contribution < 1.29 is 5.11 Å². The predicted molar refractivity (Wildman–Crippen MR) is 70.5 cm³/mol. The van der Waals surface area contributed by atoms with Crippen molar-refractivity contribution in [2.75, 3.05) is 32.7 Å². The number of aliphatic hydroxyl groups is 1. The summed E-state index contributed by atoms with van der Waals surface area (Å²) in [7, 11) is 0. The average molecular weight is 255 g/mol. The molecule has 1 aromatic carbocycles. The van der Waals surface area contributed by atoms with Crippen LogP contribution in [-0.2, 0) is 6.42 Å². The molecule has 94 valence electrons. The molecule has 1 fully saturated rings. The maximum absolute atomic E-state index is 10.0. The summed E-state index contributed by atoms with van der Waals surface area (Å²) in [6, 6.07) is 7.69. The molecule has 1 saturated heterocycles. The van der Waals surface area contributed by atoms with Crippen LogP contribution in [0.15, 0.2) is 24.3 Å². The summed E-state index contributed by atoms with van der Waals surface area (Å²) in [5.74, 6) is 0. The SMILES string of the molecule is OC(Cc1ccc(Cl)cc1)CN1CCNCC1. The van der Waals surface area contributed by atoms with Crippen molar-refractivity contribution in [2.24, 2.45) is 0 Å². The third kappa shape index (κ3) is 4.28. The number of rotatable bonds is 4. The van der Waals surface area contributed by atoms with Gasteiger partial charge >= 0.3 is 0 Å². The first kappa shape index (κ1) is 12.8. The van der Waals surface area contributed by atoms with E-state index in [1.165, 1.54) is 0 Å². The van der Waals surface area contributed by atoms with Gasteiger partial charge in [-0.1, -0.05) is 23.7 Å². The van der Waals surface area contributed by atoms with Gasteiger partial charge in [-0.2, -0.15) is 0 Å². The van der Waals surface area contributed by atoms with E-state index in [-0.39, 0.29) is 6.10 Å². The van der Waals surface area contributed by atoms with E-state index in [0.29, 0.717) is 6.42 Å². The van der Waals surface area contributed by atoms with Crippen LogP contribution in [0.1, 0.15) is 5.56 Å². The van der Waals surface area contributed by atoms with Crippen molar-refractivity contribution in [2.45, 2.75) is 12.5 Å². The van der Waals surface area contributed by atoms with E-state index in [1.54, 1.807) is 0 Å². The van der Waals surface area contributed by atoms with Gasteiger partial charge in [0.1, 0.15) is 0 Å². The van der Waals surface area contributed by atoms with Crippen LogP contribution < -0.4 is 5.32 Å². The van der Waals surface area contributed by atoms with Gasteiger partial charge in [0.15, 0.2) is 0 Å². The maximum atomic E-state index is 10.0. The minimum Gasteiger partial charge on any atom is -0.391 e. The summed E-state index contributed by atoms with van der Waals surface area (Å²) in [6.45, 7) is 4.85. The summed E-state index contributed by atoms with van der Waals surface area (Å²) in [4.78, 5) is 2.30. The normalized spacial score (nSPS) is 19.2. The molecule has 1 atom stereocenters. The first-order chi connectivity index (χ1) is 8.24. The molecule has 0 radical (unpaired) electrons. The molecule has 1 heterocycles. The molecular formula is C13H19ClN2O. The van der Waals surface area contributed by atoms with Gasteiger partial charge < -0.3 is 10.4 Å². The van der Waals surface area contributed by atoms with E-state index in [0.717, 1.165) is 43.3 Å². The number of hydrogen-bond acceptors (Lipinski definition) is 3. The molecule has 0 amide bonds. The van der Waals surface area contributed by atoms with Crippen molar-refractivity contribution in [3.05, 3.63) is 34.9 Å². The van der Waals surface area contributed by atoms with Gasteiger partial charge in [-0.05, 0) is 24.1 Å². The molecule has 17 heavy (non-hydrogen) atoms. The molecule has 3 nitrogen and oxygen atoms in total. The van der Waals surface area contributed by atoms with Crippen molar-refractivity contribution in [3.63, 3.8) is 0 Å². The second-order valence-corrected chi connectivity index (χ2v) is 4.97. The smallest absolute Gasteiger partial charge is 0.0707 e. The highest BCUT2D eigenvalue weighted by Crippen LogP contribution is 2.11. The first-order valence-electron chi connectivity index (χ1n) is 6.09. The zero-order valence-electron chi connectivity index (χ0n) is 9.90. The van der Waals surface area contributed by atoms with Crippen molar-refractivity contribution in [1.82, 2.24) is 10.2 Å². The highest BCUT2D eigenvalue weighted by atomic mass is 35.5. The molecule has 1 aromatic rings. The topological polar surface area (TPSA) is 35.5 Å². The van der Waals surface area contributed by atoms with Crippen LogP contribution in [0.2, 0.25) is 5.02 Å². The van der Waals surface area contributed by atoms with E-state index in [2.05, 4.69) is 10.2 Å². The molecule has 0 spiro atoms. The highest BCUT2D eigenvalue weighted by molar-refractivity contribution is 6.30. The Bertz CT molecular complexity index is 336. The van der Waals surface area contributed by atoms with Gasteiger partial charge in [0.2, 0.25) is 0 Å². The third-order valence-corrected chi connectivity index (χ3v) is 3.32. The number of halogens is 1. The van der Waals surface area contributed by atoms with E-state index in [9.17, 15) is 5.11 Å². The predicted octanol–water partition coefficient (Wildman–Crippen LogP) is 1.15. The average Bonchev–Trinajstić information content (AvgIpc) is 2.33. The van der Waals surface area contributed by atoms with E-state index in [4.69, 9.17) is 11.6 Å². The lowest BCUT2D eigenvalue weighted by atomic mass is 10.1. The fourth-order valence-corrected chi connectivity index (χ4v) is 2.27. The largest absolute Gasteiger partial charge is 0.391 e. The van der Waals surface area contributed by atoms with E-state index < -0.39 is 0 Å². The van der Waals surface area contributed by atoms with Gasteiger partial charge in [-0.25, -0.2) is 0 Å². The first-order valence-corrected chi connectivity index (χ1v) is 6.47. The quantitative estimate of drug-likeness (QED) is 0.846. The van der Waals surface area contributed by atoms with Crippen LogP contribution in [0.5, 0.6) is 0 Å². The Morgan fingerprint density at radius 1 is 1.24 bits per heavy atom. The molecule has 0 aromatic heterocycles. The lowest BCUT2D eigenvalue weighted by Gasteiger charge is -2.29. The van der Waals surface area contributed by atoms with Gasteiger partial charge in [-0.15, -0.1) is 0 Å². The zero-order valence-corrected chi connectivity index (χ0v) is 10.7. The standard InChI is InChI=1S/C13H19ClN2O/c14-12-3-1-11(2-4-12)9-13(17)10-16-7-5-15-6-8-16/h1-4,13,15,17H,5-10H2. The van der Waals surface area contributed by atoms with Crippen LogP contribution >= 0.6 is 11.6 Å². The Morgan fingerprint density at radius 3 is 2.53 bits per heavy atom. The van der Waals surface area contributed by atoms with Crippen LogP contribution in [0, 0.1) is 0 Å². The van der Waals surface area contributed by atoms with Crippen LogP contribution in [0.3, 0.4) is 0 Å². The Hall–Kier alpha value is -0.610. The monoisotopic (exact) mass is 254 g/mol. The Labute approximate surface area is 107 Å². The van der Waals surface area contributed by atoms with Crippen LogP contribution in [0.4, 0.5) is 0 Å². The summed E-state index contributed by atoms with van der Waals surface area (Å²) in [5, 5.41) is 14.1. The lowest BCUT2D eigenvalue weighted by Crippen LogP contribution is -2.46. The number of hydrogen-bond donors (Lipinski definition) is 2. The van der Waals surface area contributed by atoms with Gasteiger partial charge in [-0.3, -0.25) is 4.90 Å². The van der Waals surface area contributed by atoms with Crippen molar-refractivity contribution in [3.8, 4) is 0 Å². The van der Waals surface area contributed by atoms with Gasteiger partial charge in [0, 0.05) is 37.7 Å². The number of β-amino-alcohol motifs (C(OH)–C–C–N with tert-alkyl or cyclic N) is 1. The fraction of sp³-hybridized carbons (Fsp3) is 0.538. The molecule has 1 aliphatic heterocycles. The van der Waals surface area contributed by atoms with Crippen LogP contribution in [-0.4, -0.2) is 48.8 Å². The molecule has 0 saturated carbocycles. The summed E-state index contributed by atoms with van der Waals surface area (Å²) in [5.41, 5.74) is 1.14. The molecule has 0 aliphatic carbocycles. The molecule has 4 heteroatoms. The molecule has 2 N–H and O–H groups in total. The van der Waals surface area contributed by atoms with Gasteiger partial charge in [0.25, 0.3) is 0 Å². The number of piperazine rings is 1. The van der Waals surface area contributed by atoms with E-state index in [1.807, 2.05) is 24.3 Å². The number of nitrogens with one attached hydrogen (secondary N) is 1. The Kier molecular flexibility index (Phi) is 4.80. The minimum absolute atomic E-state index is 0.297. The number of aliphatic hydroxyl groups excluding tert-OH is 1. The molecule has 2 rings (SSSR count). The minimum atomic E-state index is -0.297. The van der Waals surface area contributed by atoms with Crippen LogP contribution in [0.25, 0.3) is 0 Å². The second kappa shape index (κ2) is 6.36.